The molecule has 0 saturated heterocycles. The Hall–Kier alpha value is -20.2. The summed E-state index contributed by atoms with van der Waals surface area (Å²) in [4.78, 5) is 12.8. The molecule has 0 radical (unpaired) electrons. The van der Waals surface area contributed by atoms with Gasteiger partial charge in [0, 0.05) is 93.8 Å². The van der Waals surface area contributed by atoms with Crippen LogP contribution in [0.5, 0.6) is 0 Å². The fraction of sp³-hybridized carbons (Fsp3) is 0.0240. The largest absolute Gasteiger partial charge is 0.310 e. The first-order valence-electron chi connectivity index (χ1n) is 46.6. The number of rotatable bonds is 13. The average Bonchev–Trinajstić information content (AvgIpc) is 1.53. The molecule has 24 heteroatoms. The lowest BCUT2D eigenvalue weighted by atomic mass is 9.82. The normalized spacial score (nSPS) is 12.1. The highest BCUT2D eigenvalue weighted by Crippen LogP contribution is 2.59. The molecule has 2 aliphatic rings. The molecule has 4 heterocycles. The molecule has 22 aromatic rings. The maximum Gasteiger partial charge on any atom is 0.235 e. The van der Waals surface area contributed by atoms with E-state index in [2.05, 4.69) is 384 Å². The first kappa shape index (κ1) is 93.8. The van der Waals surface area contributed by atoms with E-state index in [0.717, 1.165) is 92.4 Å². The van der Waals surface area contributed by atoms with Gasteiger partial charge in [-0.2, -0.15) is 31.6 Å². The first-order valence-corrected chi connectivity index (χ1v) is 46.6. The number of para-hydroxylation sites is 6. The number of anilines is 3. The summed E-state index contributed by atoms with van der Waals surface area (Å²) in [5.41, 5.74) is 6.71. The van der Waals surface area contributed by atoms with Gasteiger partial charge >= 0.3 is 0 Å². The van der Waals surface area contributed by atoms with Crippen molar-refractivity contribution in [3.63, 3.8) is 0 Å². The molecule has 18 aromatic carbocycles. The highest BCUT2D eigenvalue weighted by molar-refractivity contribution is 6.16. The molecular weight excluding hydrogens is 1900 g/mol. The number of nitriles is 6. The monoisotopic (exact) mass is 1960 g/mol. The van der Waals surface area contributed by atoms with Crippen LogP contribution in [0, 0.1) is 138 Å². The molecule has 24 rings (SSSR count). The molecule has 0 atom stereocenters. The summed E-state index contributed by atoms with van der Waals surface area (Å²) in [7, 11) is 0. The van der Waals surface area contributed by atoms with Crippen molar-refractivity contribution in [1.29, 1.82) is 31.6 Å². The van der Waals surface area contributed by atoms with Crippen molar-refractivity contribution in [1.82, 2.24) is 23.7 Å². The predicted molar refractivity (Wildman–Crippen MR) is 554 cm³/mol. The molecule has 149 heavy (non-hydrogen) atoms. The molecular formula is C125H66F12N12. The molecule has 0 unspecified atom stereocenters. The molecule has 0 aliphatic heterocycles. The molecule has 0 amide bonds. The van der Waals surface area contributed by atoms with E-state index >= 15 is 26.3 Å². The van der Waals surface area contributed by atoms with E-state index < -0.39 is 137 Å². The second-order valence-corrected chi connectivity index (χ2v) is 35.8. The number of hydrogen-bond acceptors (Lipinski definition) is 9. The van der Waals surface area contributed by atoms with Crippen LogP contribution in [0.4, 0.5) is 69.7 Å². The van der Waals surface area contributed by atoms with Gasteiger partial charge in [-0.05, 0) is 177 Å². The molecule has 1 saturated carbocycles. The molecule has 0 spiro atoms. The fourth-order valence-electron chi connectivity index (χ4n) is 20.4. The Morgan fingerprint density at radius 1 is 0.255 bits per heavy atom. The number of nitrogens with zero attached hydrogens (tertiary/aromatic N) is 12. The van der Waals surface area contributed by atoms with Gasteiger partial charge in [-0.3, -0.25) is 4.57 Å². The molecule has 710 valence electrons. The topological polar surface area (TPSA) is 187 Å². The van der Waals surface area contributed by atoms with Crippen molar-refractivity contribution in [2.24, 2.45) is 0 Å². The molecule has 12 nitrogen and oxygen atoms in total. The lowest BCUT2D eigenvalue weighted by Gasteiger charge is -2.28. The van der Waals surface area contributed by atoms with Crippen LogP contribution in [0.15, 0.2) is 381 Å². The van der Waals surface area contributed by atoms with Crippen molar-refractivity contribution in [3.05, 3.63) is 495 Å². The van der Waals surface area contributed by atoms with Crippen molar-refractivity contribution in [2.75, 3.05) is 4.90 Å². The molecule has 2 aliphatic carbocycles. The Bertz CT molecular complexity index is 9470. The molecule has 1 fully saturated rings. The van der Waals surface area contributed by atoms with Crippen molar-refractivity contribution in [3.8, 4) is 110 Å². The SMILES string of the molecule is CC1(C)c2ccccc2-c2ccc(N(c3ccc(-c4ccccc4)cc3)c3ccc(-c4ccc5c(c4)c4ccccc4n5-c4ccccc4)cc3)cc21.N#CC(=C1C(=C(C#N)c2c(F)c(F)c(C#N)c(F)c2F)C1=C(C#N)c1c(F)c(F)c(C#N)c(F)c1F)c1c(F)c(F)c(C#N)c(F)c1F.c1ccc(-c2nc(-n3c4ccccc4c4cc(-c5ccc6c(c5)c5ccccc5n6-c5ccccc5)ccc43)nc3ccccc23)cc1. The van der Waals surface area contributed by atoms with E-state index in [1.807, 2.05) is 12.1 Å². The Kier molecular flexibility index (Phi) is 23.7. The summed E-state index contributed by atoms with van der Waals surface area (Å²) in [5, 5.41) is 64.3. The lowest BCUT2D eigenvalue weighted by molar-refractivity contribution is 0.446. The van der Waals surface area contributed by atoms with Gasteiger partial charge in [-0.15, -0.1) is 0 Å². The van der Waals surface area contributed by atoms with Crippen LogP contribution < -0.4 is 4.90 Å². The van der Waals surface area contributed by atoms with Gasteiger partial charge in [0.25, 0.3) is 0 Å². The number of halogens is 12. The van der Waals surface area contributed by atoms with Crippen molar-refractivity contribution < 1.29 is 52.7 Å². The van der Waals surface area contributed by atoms with Gasteiger partial charge in [-0.25, -0.2) is 62.7 Å². The van der Waals surface area contributed by atoms with Crippen LogP contribution in [0.3, 0.4) is 0 Å². The zero-order valence-electron chi connectivity index (χ0n) is 78.0. The van der Waals surface area contributed by atoms with Gasteiger partial charge in [0.05, 0.1) is 77.7 Å². The van der Waals surface area contributed by atoms with E-state index in [1.165, 1.54) is 116 Å². The van der Waals surface area contributed by atoms with E-state index in [9.17, 15) is 42.1 Å². The molecule has 0 bridgehead atoms. The quantitative estimate of drug-likeness (QED) is 0.0615. The Morgan fingerprint density at radius 2 is 0.557 bits per heavy atom. The third-order valence-corrected chi connectivity index (χ3v) is 27.4. The van der Waals surface area contributed by atoms with Crippen molar-refractivity contribution >= 4 is 110 Å². The average molecular weight is 1960 g/mol. The fourth-order valence-corrected chi connectivity index (χ4v) is 20.4. The number of aromatic nitrogens is 5. The predicted octanol–water partition coefficient (Wildman–Crippen LogP) is 32.3. The summed E-state index contributed by atoms with van der Waals surface area (Å²) in [6.45, 7) is 4.70. The van der Waals surface area contributed by atoms with Crippen LogP contribution in [-0.2, 0) is 5.41 Å². The summed E-state index contributed by atoms with van der Waals surface area (Å²) in [6.07, 6.45) is 0. The van der Waals surface area contributed by atoms with Crippen LogP contribution >= 0.6 is 0 Å². The standard InChI is InChI=1S/C51H38N2.C44H28N4.C30F12N6/c1-51(2)47-19-11-9-17-43(47)44-31-30-42(34-48(44)51)52(40-26-21-36(22-27-40)35-13-5-3-6-14-35)41-28-23-37(24-29-41)38-25-32-50-46(33-38)45-18-10-12-20-49(45)53(50)39-15-7-4-8-16-39;1-3-13-29(14-4-1)43-35-19-7-10-20-38(35)45-44(46-43)48-40-22-12-9-18-34(40)37-28-31(24-26-42(37)48)30-23-25-41-36(27-30)33-17-8-11-21-39(33)47(41)32-15-5-2-6-16-32;31-19-10(4-46)20(32)26(38)16(25(19)37)7(1-43)13-14(8(2-44)17-27(39)21(33)11(5-47)22(34)28(17)40)15(13)9(3-45)18-29(41)23(35)12(6-48)24(36)30(18)42/h3-34H,1-2H3;1-28H;. The second kappa shape index (κ2) is 37.6. The van der Waals surface area contributed by atoms with Crippen LogP contribution in [-0.4, -0.2) is 23.7 Å². The maximum atomic E-state index is 15.0. The van der Waals surface area contributed by atoms with Gasteiger partial charge in [0.15, 0.2) is 69.8 Å². The number of benzene rings is 18. The smallest absolute Gasteiger partial charge is 0.235 e. The Labute approximate surface area is 841 Å². The Morgan fingerprint density at radius 3 is 0.960 bits per heavy atom. The second-order valence-electron chi connectivity index (χ2n) is 35.8. The minimum Gasteiger partial charge on any atom is -0.310 e. The minimum absolute atomic E-state index is 0.0864. The van der Waals surface area contributed by atoms with Crippen LogP contribution in [0.1, 0.15) is 58.4 Å². The zero-order valence-corrected chi connectivity index (χ0v) is 78.0. The number of hydrogen-bond donors (Lipinski definition) is 0. The summed E-state index contributed by atoms with van der Waals surface area (Å²) < 4.78 is 184. The van der Waals surface area contributed by atoms with E-state index in [-0.39, 0.29) is 5.41 Å². The summed E-state index contributed by atoms with van der Waals surface area (Å²) >= 11 is 0. The van der Waals surface area contributed by atoms with Gasteiger partial charge in [-0.1, -0.05) is 257 Å². The minimum atomic E-state index is -2.53. The highest BCUT2D eigenvalue weighted by Gasteiger charge is 2.47. The number of fused-ring (bicyclic) bond motifs is 13. The van der Waals surface area contributed by atoms with Crippen LogP contribution in [0.25, 0.3) is 166 Å². The zero-order chi connectivity index (χ0) is 103. The third-order valence-electron chi connectivity index (χ3n) is 27.4. The number of allylic oxidation sites excluding steroid dienone is 6. The lowest BCUT2D eigenvalue weighted by Crippen LogP contribution is -2.16. The van der Waals surface area contributed by atoms with Gasteiger partial charge in [0.2, 0.25) is 5.95 Å². The van der Waals surface area contributed by atoms with E-state index in [0.29, 0.717) is 5.95 Å². The summed E-state index contributed by atoms with van der Waals surface area (Å²) in [6, 6.07) is 136. The van der Waals surface area contributed by atoms with Crippen LogP contribution in [0.2, 0.25) is 0 Å². The Balaban J connectivity index is 0.000000127. The van der Waals surface area contributed by atoms with E-state index in [1.54, 1.807) is 0 Å². The molecule has 4 aromatic heterocycles. The maximum absolute atomic E-state index is 15.0. The van der Waals surface area contributed by atoms with Gasteiger partial charge in [0.1, 0.15) is 53.1 Å². The molecule has 0 N–H and O–H groups in total. The van der Waals surface area contributed by atoms with Crippen molar-refractivity contribution in [2.45, 2.75) is 19.3 Å². The van der Waals surface area contributed by atoms with Gasteiger partial charge < -0.3 is 14.0 Å². The van der Waals surface area contributed by atoms with E-state index in [4.69, 9.17) is 25.8 Å². The summed E-state index contributed by atoms with van der Waals surface area (Å²) in [5.74, 6) is -29.2. The highest BCUT2D eigenvalue weighted by atomic mass is 19.2. The third kappa shape index (κ3) is 15.5. The first-order chi connectivity index (χ1) is 72.5.